The molecule has 1 saturated heterocycles. The number of methoxy groups -OCH3 is 1. The van der Waals surface area contributed by atoms with Gasteiger partial charge in [0.2, 0.25) is 0 Å². The molecule has 3 aliphatic rings. The number of hydrogen-bond donors (Lipinski definition) is 0. The summed E-state index contributed by atoms with van der Waals surface area (Å²) in [4.78, 5) is 1.97. The van der Waals surface area contributed by atoms with Crippen LogP contribution in [0.1, 0.15) is 30.1 Å². The van der Waals surface area contributed by atoms with Crippen molar-refractivity contribution in [1.82, 2.24) is 4.90 Å². The van der Waals surface area contributed by atoms with Gasteiger partial charge in [0, 0.05) is 23.9 Å². The normalized spacial score (nSPS) is 32.2. The lowest BCUT2D eigenvalue weighted by atomic mass is 9.93. The van der Waals surface area contributed by atoms with Crippen LogP contribution < -0.4 is 4.74 Å². The van der Waals surface area contributed by atoms with Gasteiger partial charge in [0.25, 0.3) is 5.92 Å². The van der Waals surface area contributed by atoms with Gasteiger partial charge in [-0.25, -0.2) is 0 Å². The number of ether oxygens (including phenoxy) is 1. The summed E-state index contributed by atoms with van der Waals surface area (Å²) in [6.45, 7) is 0.617. The summed E-state index contributed by atoms with van der Waals surface area (Å²) in [6.07, 6.45) is 2.00. The van der Waals surface area contributed by atoms with Crippen molar-refractivity contribution in [1.29, 1.82) is 0 Å². The minimum Gasteiger partial charge on any atom is -0.497 e. The smallest absolute Gasteiger partial charge is 0.289 e. The van der Waals surface area contributed by atoms with Crippen LogP contribution in [0, 0.1) is 5.92 Å². The van der Waals surface area contributed by atoms with Crippen molar-refractivity contribution in [3.05, 3.63) is 29.5 Å². The Labute approximate surface area is 126 Å². The zero-order chi connectivity index (χ0) is 15.1. The highest BCUT2D eigenvalue weighted by atomic mass is 19.3. The minimum absolute atomic E-state index is 0.0986. The predicted molar refractivity (Wildman–Crippen MR) is 77.5 cm³/mol. The fourth-order valence-electron chi connectivity index (χ4n) is 4.80. The third kappa shape index (κ3) is 1.52. The van der Waals surface area contributed by atoms with Crippen molar-refractivity contribution in [3.8, 4) is 5.75 Å². The SMILES string of the molecule is COc1ccc2oc3c(c2c1)C(F)(F)CN1CC2CC3C1C2. The van der Waals surface area contributed by atoms with Crippen molar-refractivity contribution >= 4 is 11.0 Å². The number of hydrogen-bond acceptors (Lipinski definition) is 3. The zero-order valence-electron chi connectivity index (χ0n) is 12.3. The summed E-state index contributed by atoms with van der Waals surface area (Å²) in [7, 11) is 1.55. The standard InChI is InChI=1S/C17H17F2NO2/c1-21-10-2-3-14-12(6-10)15-16(22-14)11-4-9-5-13(11)20(7-9)8-17(15,18)19/h2-3,6,9,11,13H,4-5,7-8H2,1H3. The number of rotatable bonds is 1. The number of fused-ring (bicyclic) bond motifs is 5. The highest BCUT2D eigenvalue weighted by molar-refractivity contribution is 5.85. The van der Waals surface area contributed by atoms with Crippen LogP contribution in [0.25, 0.3) is 11.0 Å². The van der Waals surface area contributed by atoms with E-state index in [1.807, 2.05) is 4.90 Å². The van der Waals surface area contributed by atoms with Crippen LogP contribution in [-0.2, 0) is 5.92 Å². The van der Waals surface area contributed by atoms with Crippen LogP contribution in [0.15, 0.2) is 22.6 Å². The average Bonchev–Trinajstić information content (AvgIpc) is 3.15. The van der Waals surface area contributed by atoms with Crippen LogP contribution >= 0.6 is 0 Å². The van der Waals surface area contributed by atoms with Crippen LogP contribution in [0.5, 0.6) is 5.75 Å². The van der Waals surface area contributed by atoms with Gasteiger partial charge in [-0.3, -0.25) is 4.90 Å². The maximum atomic E-state index is 14.9. The molecule has 22 heavy (non-hydrogen) atoms. The Morgan fingerprint density at radius 1 is 1.32 bits per heavy atom. The predicted octanol–water partition coefficient (Wildman–Crippen LogP) is 3.72. The zero-order valence-corrected chi connectivity index (χ0v) is 12.3. The molecule has 0 radical (unpaired) electrons. The number of furan rings is 1. The lowest BCUT2D eigenvalue weighted by Gasteiger charge is -2.30. The number of halogens is 2. The van der Waals surface area contributed by atoms with Gasteiger partial charge in [-0.1, -0.05) is 0 Å². The lowest BCUT2D eigenvalue weighted by Crippen LogP contribution is -2.39. The molecule has 2 aromatic rings. The Bertz CT molecular complexity index is 769. The molecule has 0 amide bonds. The lowest BCUT2D eigenvalue weighted by molar-refractivity contribution is -0.0380. The molecule has 1 aromatic carbocycles. The number of benzene rings is 1. The third-order valence-corrected chi connectivity index (χ3v) is 5.61. The quantitative estimate of drug-likeness (QED) is 0.803. The van der Waals surface area contributed by atoms with Gasteiger partial charge in [0.05, 0.1) is 19.2 Å². The van der Waals surface area contributed by atoms with Gasteiger partial charge in [0.1, 0.15) is 17.1 Å². The number of piperidine rings is 1. The summed E-state index contributed by atoms with van der Waals surface area (Å²) in [5, 5.41) is 0.505. The topological polar surface area (TPSA) is 25.6 Å². The van der Waals surface area contributed by atoms with Crippen LogP contribution in [0.2, 0.25) is 0 Å². The van der Waals surface area contributed by atoms with Gasteiger partial charge < -0.3 is 9.15 Å². The molecule has 116 valence electrons. The van der Waals surface area contributed by atoms with Crippen molar-refractivity contribution in [2.45, 2.75) is 30.7 Å². The van der Waals surface area contributed by atoms with E-state index < -0.39 is 5.92 Å². The Balaban J connectivity index is 1.79. The van der Waals surface area contributed by atoms with Gasteiger partial charge in [-0.2, -0.15) is 8.78 Å². The van der Waals surface area contributed by atoms with Crippen LogP contribution in [0.3, 0.4) is 0 Å². The molecule has 3 unspecified atom stereocenters. The first-order valence-electron chi connectivity index (χ1n) is 7.79. The van der Waals surface area contributed by atoms with E-state index in [0.717, 1.165) is 19.4 Å². The minimum atomic E-state index is -2.88. The van der Waals surface area contributed by atoms with E-state index >= 15 is 0 Å². The number of alkyl halides is 2. The Hall–Kier alpha value is -1.62. The van der Waals surface area contributed by atoms with E-state index in [-0.39, 0.29) is 24.1 Å². The Morgan fingerprint density at radius 2 is 2.18 bits per heavy atom. The molecule has 3 heterocycles. The molecule has 0 spiro atoms. The van der Waals surface area contributed by atoms with Gasteiger partial charge in [-0.15, -0.1) is 0 Å². The van der Waals surface area contributed by atoms with E-state index in [1.54, 1.807) is 25.3 Å². The summed E-state index contributed by atoms with van der Waals surface area (Å²) >= 11 is 0. The maximum absolute atomic E-state index is 14.9. The van der Waals surface area contributed by atoms with Crippen molar-refractivity contribution < 1.29 is 17.9 Å². The maximum Gasteiger partial charge on any atom is 0.289 e. The molecule has 1 aliphatic carbocycles. The molecular weight excluding hydrogens is 288 g/mol. The second kappa shape index (κ2) is 4.02. The summed E-state index contributed by atoms with van der Waals surface area (Å²) < 4.78 is 41.0. The van der Waals surface area contributed by atoms with Crippen LogP contribution in [-0.4, -0.2) is 31.1 Å². The molecule has 2 fully saturated rings. The summed E-state index contributed by atoms with van der Waals surface area (Å²) in [6, 6.07) is 5.40. The van der Waals surface area contributed by atoms with Gasteiger partial charge in [0.15, 0.2) is 0 Å². The van der Waals surface area contributed by atoms with Gasteiger partial charge in [-0.05, 0) is 37.0 Å². The first-order chi connectivity index (χ1) is 10.6. The van der Waals surface area contributed by atoms with E-state index in [4.69, 9.17) is 9.15 Å². The van der Waals surface area contributed by atoms with Gasteiger partial charge >= 0.3 is 0 Å². The molecule has 3 nitrogen and oxygen atoms in total. The van der Waals surface area contributed by atoms with E-state index in [9.17, 15) is 8.78 Å². The Morgan fingerprint density at radius 3 is 2.95 bits per heavy atom. The molecule has 1 aromatic heterocycles. The molecule has 1 saturated carbocycles. The highest BCUT2D eigenvalue weighted by Crippen LogP contribution is 2.55. The number of nitrogens with zero attached hydrogens (tertiary/aromatic N) is 1. The van der Waals surface area contributed by atoms with Crippen molar-refractivity contribution in [2.75, 3.05) is 20.2 Å². The van der Waals surface area contributed by atoms with E-state index in [1.165, 1.54) is 0 Å². The molecular formula is C17H17F2NO2. The summed E-state index contributed by atoms with van der Waals surface area (Å²) in [5.74, 6) is -1.12. The van der Waals surface area contributed by atoms with Crippen molar-refractivity contribution in [3.63, 3.8) is 0 Å². The van der Waals surface area contributed by atoms with Crippen molar-refractivity contribution in [2.24, 2.45) is 5.92 Å². The average molecular weight is 305 g/mol. The van der Waals surface area contributed by atoms with E-state index in [0.29, 0.717) is 28.4 Å². The second-order valence-electron chi connectivity index (χ2n) is 6.85. The third-order valence-electron chi connectivity index (χ3n) is 5.61. The molecule has 5 heteroatoms. The fourth-order valence-corrected chi connectivity index (χ4v) is 4.80. The summed E-state index contributed by atoms with van der Waals surface area (Å²) in [5.41, 5.74) is 0.642. The monoisotopic (exact) mass is 305 g/mol. The first kappa shape index (κ1) is 12.9. The highest BCUT2D eigenvalue weighted by Gasteiger charge is 2.55. The van der Waals surface area contributed by atoms with E-state index in [2.05, 4.69) is 0 Å². The fraction of sp³-hybridized carbons (Fsp3) is 0.529. The molecule has 2 aliphatic heterocycles. The molecule has 2 bridgehead atoms. The molecule has 0 N–H and O–H groups in total. The Kier molecular flexibility index (Phi) is 2.35. The van der Waals surface area contributed by atoms with Crippen LogP contribution in [0.4, 0.5) is 8.78 Å². The second-order valence-corrected chi connectivity index (χ2v) is 6.85. The molecule has 5 rings (SSSR count). The largest absolute Gasteiger partial charge is 0.497 e. The first-order valence-corrected chi connectivity index (χ1v) is 7.79. The molecule has 3 atom stereocenters.